The van der Waals surface area contributed by atoms with Gasteiger partial charge in [0.25, 0.3) is 5.91 Å². The predicted octanol–water partition coefficient (Wildman–Crippen LogP) is 4.52. The Hall–Kier alpha value is -6.23. The minimum Gasteiger partial charge on any atom is -0.496 e. The molecule has 2 aromatic carbocycles. The SMILES string of the molecule is COc1cc(C#N)ccc1-c1cc(C2=CCCN(C(=O)CCn3ccnn3)C2)c(F)c2[nH]c(C(=O)N3CCN(c4ncccc4OC)CC3)cc12. The maximum absolute atomic E-state index is 16.7. The largest absolute Gasteiger partial charge is 0.496 e. The van der Waals surface area contributed by atoms with Gasteiger partial charge in [0.2, 0.25) is 5.91 Å². The van der Waals surface area contributed by atoms with Crippen molar-refractivity contribution in [2.24, 2.45) is 0 Å². The maximum atomic E-state index is 16.7. The molecule has 51 heavy (non-hydrogen) atoms. The number of benzene rings is 2. The van der Waals surface area contributed by atoms with Gasteiger partial charge in [0.05, 0.1) is 44.1 Å². The Morgan fingerprint density at radius 2 is 1.78 bits per heavy atom. The zero-order valence-electron chi connectivity index (χ0n) is 28.3. The second-order valence-electron chi connectivity index (χ2n) is 12.3. The molecule has 0 radical (unpaired) electrons. The second kappa shape index (κ2) is 14.3. The summed E-state index contributed by atoms with van der Waals surface area (Å²) in [6, 6.07) is 14.3. The van der Waals surface area contributed by atoms with E-state index in [4.69, 9.17) is 9.47 Å². The summed E-state index contributed by atoms with van der Waals surface area (Å²) in [5, 5.41) is 17.8. The molecule has 5 heterocycles. The number of ether oxygens (including phenoxy) is 2. The van der Waals surface area contributed by atoms with Crippen molar-refractivity contribution in [2.45, 2.75) is 19.4 Å². The Bertz CT molecular complexity index is 2160. The van der Waals surface area contributed by atoms with Gasteiger partial charge < -0.3 is 29.2 Å². The average molecular weight is 690 g/mol. The van der Waals surface area contributed by atoms with Gasteiger partial charge in [0, 0.05) is 74.6 Å². The van der Waals surface area contributed by atoms with Crippen molar-refractivity contribution in [2.75, 3.05) is 58.4 Å². The van der Waals surface area contributed by atoms with E-state index in [2.05, 4.69) is 31.2 Å². The fraction of sp³-hybridized carbons (Fsp3) is 0.297. The molecule has 7 rings (SSSR count). The summed E-state index contributed by atoms with van der Waals surface area (Å²) in [4.78, 5) is 40.3. The number of rotatable bonds is 9. The van der Waals surface area contributed by atoms with Gasteiger partial charge in [-0.1, -0.05) is 11.3 Å². The molecule has 5 aromatic rings. The number of hydrogen-bond acceptors (Lipinski definition) is 9. The number of methoxy groups -OCH3 is 2. The number of nitrogens with zero attached hydrogens (tertiary/aromatic N) is 8. The van der Waals surface area contributed by atoms with E-state index in [-0.39, 0.29) is 36.0 Å². The van der Waals surface area contributed by atoms with Gasteiger partial charge in [-0.05, 0) is 60.0 Å². The highest BCUT2D eigenvalue weighted by Gasteiger charge is 2.29. The lowest BCUT2D eigenvalue weighted by molar-refractivity contribution is -0.131. The van der Waals surface area contributed by atoms with Crippen molar-refractivity contribution in [3.8, 4) is 28.7 Å². The van der Waals surface area contributed by atoms with Gasteiger partial charge in [-0.3, -0.25) is 14.3 Å². The normalized spacial score (nSPS) is 14.7. The summed E-state index contributed by atoms with van der Waals surface area (Å²) in [5.41, 5.74) is 3.07. The molecule has 0 bridgehead atoms. The minimum absolute atomic E-state index is 0.0686. The van der Waals surface area contributed by atoms with Crippen molar-refractivity contribution in [3.63, 3.8) is 0 Å². The van der Waals surface area contributed by atoms with E-state index in [1.165, 1.54) is 7.11 Å². The summed E-state index contributed by atoms with van der Waals surface area (Å²) in [7, 11) is 3.12. The fourth-order valence-electron chi connectivity index (χ4n) is 6.76. The van der Waals surface area contributed by atoms with Gasteiger partial charge in [-0.2, -0.15) is 5.26 Å². The number of fused-ring (bicyclic) bond motifs is 1. The molecule has 2 amide bonds. The number of aryl methyl sites for hydroxylation is 1. The zero-order chi connectivity index (χ0) is 35.5. The van der Waals surface area contributed by atoms with E-state index in [0.717, 1.165) is 5.82 Å². The predicted molar refractivity (Wildman–Crippen MR) is 188 cm³/mol. The summed E-state index contributed by atoms with van der Waals surface area (Å²) >= 11 is 0. The van der Waals surface area contributed by atoms with E-state index in [1.54, 1.807) is 70.5 Å². The summed E-state index contributed by atoms with van der Waals surface area (Å²) in [5.74, 6) is 0.985. The number of pyridine rings is 1. The molecule has 14 heteroatoms. The van der Waals surface area contributed by atoms with E-state index < -0.39 is 5.82 Å². The highest BCUT2D eigenvalue weighted by Crippen LogP contribution is 2.40. The lowest BCUT2D eigenvalue weighted by Gasteiger charge is -2.35. The number of halogens is 1. The lowest BCUT2D eigenvalue weighted by Crippen LogP contribution is -2.49. The number of anilines is 1. The number of carbonyl (C=O) groups excluding carboxylic acids is 2. The molecule has 1 N–H and O–H groups in total. The Balaban J connectivity index is 1.21. The number of aromatic amines is 1. The van der Waals surface area contributed by atoms with Crippen LogP contribution in [0.4, 0.5) is 10.2 Å². The fourth-order valence-corrected chi connectivity index (χ4v) is 6.76. The number of amides is 2. The first-order valence-electron chi connectivity index (χ1n) is 16.7. The van der Waals surface area contributed by atoms with E-state index in [1.807, 2.05) is 18.2 Å². The number of nitrogens with one attached hydrogen (secondary N) is 1. The number of hydrogen-bond donors (Lipinski definition) is 1. The molecule has 2 aliphatic rings. The van der Waals surface area contributed by atoms with Gasteiger partial charge in [-0.15, -0.1) is 5.10 Å². The van der Waals surface area contributed by atoms with Crippen molar-refractivity contribution in [1.82, 2.24) is 34.8 Å². The Kier molecular flexibility index (Phi) is 9.34. The Labute approximate surface area is 293 Å². The van der Waals surface area contributed by atoms with Crippen LogP contribution in [0, 0.1) is 17.1 Å². The number of nitriles is 1. The molecule has 1 saturated heterocycles. The average Bonchev–Trinajstić information content (AvgIpc) is 3.88. The van der Waals surface area contributed by atoms with Crippen LogP contribution < -0.4 is 14.4 Å². The monoisotopic (exact) mass is 689 g/mol. The standard InChI is InChI=1S/C37H36FN9O4/c1-50-31-6-3-10-40-36(31)44-15-17-45(18-16-44)37(49)30-21-29-28(26-8-7-24(22-39)19-32(26)51-2)20-27(34(38)35(29)42-30)25-5-4-12-46(23-25)33(48)9-13-47-14-11-41-43-47/h3,5-8,10-11,14,19-21,42H,4,9,12-13,15-18,23H2,1-2H3. The van der Waals surface area contributed by atoms with Gasteiger partial charge >= 0.3 is 0 Å². The van der Waals surface area contributed by atoms with Crippen LogP contribution in [0.1, 0.15) is 34.5 Å². The zero-order valence-corrected chi connectivity index (χ0v) is 28.3. The van der Waals surface area contributed by atoms with Crippen molar-refractivity contribution in [3.05, 3.63) is 89.8 Å². The summed E-state index contributed by atoms with van der Waals surface area (Å²) in [6.07, 6.45) is 7.72. The molecule has 260 valence electrons. The smallest absolute Gasteiger partial charge is 0.270 e. The summed E-state index contributed by atoms with van der Waals surface area (Å²) in [6.45, 7) is 3.10. The number of piperazine rings is 1. The minimum atomic E-state index is -0.518. The molecular weight excluding hydrogens is 653 g/mol. The Morgan fingerprint density at radius 3 is 2.53 bits per heavy atom. The van der Waals surface area contributed by atoms with E-state index >= 15 is 4.39 Å². The molecule has 0 atom stereocenters. The first-order chi connectivity index (χ1) is 24.9. The van der Waals surface area contributed by atoms with E-state index in [0.29, 0.717) is 90.4 Å². The van der Waals surface area contributed by atoms with E-state index in [9.17, 15) is 14.9 Å². The van der Waals surface area contributed by atoms with Gasteiger partial charge in [-0.25, -0.2) is 9.37 Å². The molecule has 2 aliphatic heterocycles. The Morgan fingerprint density at radius 1 is 0.961 bits per heavy atom. The molecular formula is C37H36FN9O4. The molecule has 0 saturated carbocycles. The molecule has 0 aliphatic carbocycles. The molecule has 0 unspecified atom stereocenters. The van der Waals surface area contributed by atoms with Crippen LogP contribution in [0.2, 0.25) is 0 Å². The molecule has 3 aromatic heterocycles. The number of H-pyrrole nitrogens is 1. The van der Waals surface area contributed by atoms with Crippen LogP contribution in [0.3, 0.4) is 0 Å². The third kappa shape index (κ3) is 6.58. The summed E-state index contributed by atoms with van der Waals surface area (Å²) < 4.78 is 29.5. The van der Waals surface area contributed by atoms with Crippen LogP contribution >= 0.6 is 0 Å². The third-order valence-corrected chi connectivity index (χ3v) is 9.42. The molecule has 13 nitrogen and oxygen atoms in total. The van der Waals surface area contributed by atoms with Crippen molar-refractivity contribution < 1.29 is 23.5 Å². The van der Waals surface area contributed by atoms with Gasteiger partial charge in [0.15, 0.2) is 17.4 Å². The van der Waals surface area contributed by atoms with Crippen LogP contribution in [0.5, 0.6) is 11.5 Å². The van der Waals surface area contributed by atoms with Crippen LogP contribution in [0.25, 0.3) is 27.6 Å². The van der Waals surface area contributed by atoms with Crippen LogP contribution in [0.15, 0.2) is 67.1 Å². The number of aromatic nitrogens is 5. The highest BCUT2D eigenvalue weighted by atomic mass is 19.1. The highest BCUT2D eigenvalue weighted by molar-refractivity contribution is 6.05. The van der Waals surface area contributed by atoms with Crippen LogP contribution in [-0.4, -0.2) is 100 Å². The first kappa shape index (κ1) is 33.3. The molecule has 0 spiro atoms. The topological polar surface area (TPSA) is 145 Å². The first-order valence-corrected chi connectivity index (χ1v) is 16.7. The third-order valence-electron chi connectivity index (χ3n) is 9.42. The number of carbonyl (C=O) groups is 2. The van der Waals surface area contributed by atoms with Crippen molar-refractivity contribution >= 4 is 34.1 Å². The second-order valence-corrected chi connectivity index (χ2v) is 12.3. The lowest BCUT2D eigenvalue weighted by atomic mass is 9.92. The van der Waals surface area contributed by atoms with Gasteiger partial charge in [0.1, 0.15) is 11.4 Å². The van der Waals surface area contributed by atoms with Crippen molar-refractivity contribution in [1.29, 1.82) is 5.26 Å². The molecule has 1 fully saturated rings. The quantitative estimate of drug-likeness (QED) is 0.236. The maximum Gasteiger partial charge on any atom is 0.270 e. The van der Waals surface area contributed by atoms with Crippen LogP contribution in [-0.2, 0) is 11.3 Å².